The van der Waals surface area contributed by atoms with Gasteiger partial charge in [0.2, 0.25) is 18.2 Å². The van der Waals surface area contributed by atoms with E-state index in [-0.39, 0.29) is 18.2 Å². The second kappa shape index (κ2) is 4.21. The molecule has 78 valence electrons. The second-order valence-corrected chi connectivity index (χ2v) is 3.79. The third-order valence-corrected chi connectivity index (χ3v) is 2.48. The van der Waals surface area contributed by atoms with E-state index in [1.54, 1.807) is 6.92 Å². The molecule has 0 aromatic rings. The van der Waals surface area contributed by atoms with Crippen LogP contribution in [0.5, 0.6) is 0 Å². The molecule has 3 amide bonds. The molecule has 1 rings (SSSR count). The molecule has 1 saturated heterocycles. The van der Waals surface area contributed by atoms with Gasteiger partial charge in [0.15, 0.2) is 0 Å². The summed E-state index contributed by atoms with van der Waals surface area (Å²) in [6.45, 7) is 2.31. The molecule has 0 aromatic carbocycles. The Morgan fingerprint density at radius 2 is 2.29 bits per heavy atom. The smallest absolute Gasteiger partial charge is 0.233 e. The highest BCUT2D eigenvalue weighted by molar-refractivity contribution is 6.05. The minimum Gasteiger partial charge on any atom is -0.359 e. The van der Waals surface area contributed by atoms with Crippen LogP contribution in [0.25, 0.3) is 0 Å². The van der Waals surface area contributed by atoms with E-state index in [9.17, 15) is 14.4 Å². The molecule has 1 atom stereocenters. The Hall–Kier alpha value is -1.39. The molecule has 1 aliphatic rings. The molecule has 1 heterocycles. The fourth-order valence-corrected chi connectivity index (χ4v) is 1.60. The van der Waals surface area contributed by atoms with Crippen LogP contribution in [0.1, 0.15) is 26.2 Å². The normalized spacial score (nSPS) is 26.1. The summed E-state index contributed by atoms with van der Waals surface area (Å²) in [7, 11) is 0. The summed E-state index contributed by atoms with van der Waals surface area (Å²) in [5.74, 6) is -0.408. The summed E-state index contributed by atoms with van der Waals surface area (Å²) in [6, 6.07) is 0. The molecule has 0 spiro atoms. The number of carbonyl (C=O) groups excluding carboxylic acids is 3. The van der Waals surface area contributed by atoms with Crippen molar-refractivity contribution < 1.29 is 14.4 Å². The molecule has 1 aliphatic heterocycles. The van der Waals surface area contributed by atoms with Gasteiger partial charge in [0.1, 0.15) is 0 Å². The third kappa shape index (κ3) is 2.31. The molecule has 1 fully saturated rings. The maximum Gasteiger partial charge on any atom is 0.233 e. The highest BCUT2D eigenvalue weighted by Gasteiger charge is 2.41. The van der Waals surface area contributed by atoms with Gasteiger partial charge in [-0.25, -0.2) is 0 Å². The first-order valence-corrected chi connectivity index (χ1v) is 4.60. The van der Waals surface area contributed by atoms with Crippen molar-refractivity contribution in [1.82, 2.24) is 10.6 Å². The first-order valence-electron chi connectivity index (χ1n) is 4.60. The van der Waals surface area contributed by atoms with E-state index in [4.69, 9.17) is 0 Å². The highest BCUT2D eigenvalue weighted by Crippen LogP contribution is 2.31. The molecule has 2 N–H and O–H groups in total. The number of hydrogen-bond acceptors (Lipinski definition) is 3. The summed E-state index contributed by atoms with van der Waals surface area (Å²) < 4.78 is 0. The zero-order valence-electron chi connectivity index (χ0n) is 8.13. The molecular formula is C9H14N2O3. The number of amides is 3. The largest absolute Gasteiger partial charge is 0.359 e. The lowest BCUT2D eigenvalue weighted by Gasteiger charge is -2.18. The van der Waals surface area contributed by atoms with Crippen LogP contribution in [0.15, 0.2) is 0 Å². The molecule has 0 saturated carbocycles. The van der Waals surface area contributed by atoms with E-state index in [0.717, 1.165) is 0 Å². The lowest BCUT2D eigenvalue weighted by molar-refractivity contribution is -0.128. The van der Waals surface area contributed by atoms with Gasteiger partial charge >= 0.3 is 0 Å². The van der Waals surface area contributed by atoms with Crippen LogP contribution in [0, 0.1) is 5.41 Å². The summed E-state index contributed by atoms with van der Waals surface area (Å²) in [6.07, 6.45) is 2.20. The maximum atomic E-state index is 11.3. The van der Waals surface area contributed by atoms with Crippen molar-refractivity contribution in [3.05, 3.63) is 0 Å². The average molecular weight is 198 g/mol. The Balaban J connectivity index is 2.38. The molecule has 0 aliphatic carbocycles. The Bertz CT molecular complexity index is 265. The van der Waals surface area contributed by atoms with Gasteiger partial charge in [0.25, 0.3) is 0 Å². The number of imide groups is 1. The zero-order chi connectivity index (χ0) is 10.6. The Labute approximate surface area is 82.2 Å². The molecule has 14 heavy (non-hydrogen) atoms. The molecule has 0 aromatic heterocycles. The van der Waals surface area contributed by atoms with Crippen molar-refractivity contribution in [2.24, 2.45) is 5.41 Å². The van der Waals surface area contributed by atoms with E-state index in [0.29, 0.717) is 25.8 Å². The van der Waals surface area contributed by atoms with Gasteiger partial charge in [0, 0.05) is 13.0 Å². The summed E-state index contributed by atoms with van der Waals surface area (Å²) in [5, 5.41) is 4.80. The van der Waals surface area contributed by atoms with E-state index in [2.05, 4.69) is 10.6 Å². The van der Waals surface area contributed by atoms with Gasteiger partial charge in [-0.2, -0.15) is 0 Å². The molecule has 5 nitrogen and oxygen atoms in total. The van der Waals surface area contributed by atoms with Gasteiger partial charge in [-0.1, -0.05) is 6.92 Å². The quantitative estimate of drug-likeness (QED) is 0.357. The van der Waals surface area contributed by atoms with E-state index >= 15 is 0 Å². The predicted molar refractivity (Wildman–Crippen MR) is 49.2 cm³/mol. The van der Waals surface area contributed by atoms with Crippen molar-refractivity contribution in [1.29, 1.82) is 0 Å². The number of nitrogens with one attached hydrogen (secondary N) is 2. The van der Waals surface area contributed by atoms with E-state index in [1.807, 2.05) is 0 Å². The number of hydrogen-bond donors (Lipinski definition) is 2. The molecular weight excluding hydrogens is 184 g/mol. The van der Waals surface area contributed by atoms with Gasteiger partial charge < -0.3 is 5.32 Å². The zero-order valence-corrected chi connectivity index (χ0v) is 8.13. The molecule has 5 heteroatoms. The lowest BCUT2D eigenvalue weighted by Crippen LogP contribution is -2.29. The van der Waals surface area contributed by atoms with Crippen molar-refractivity contribution in [2.75, 3.05) is 6.54 Å². The van der Waals surface area contributed by atoms with Gasteiger partial charge in [0.05, 0.1) is 5.41 Å². The molecule has 1 unspecified atom stereocenters. The van der Waals surface area contributed by atoms with Crippen molar-refractivity contribution in [2.45, 2.75) is 26.2 Å². The van der Waals surface area contributed by atoms with E-state index in [1.165, 1.54) is 0 Å². The Morgan fingerprint density at radius 1 is 1.57 bits per heavy atom. The molecule has 0 radical (unpaired) electrons. The standard InChI is InChI=1S/C9H14N2O3/c1-9(3-2-4-10-6-12)5-7(13)11-8(9)14/h6H,2-5H2,1H3,(H,10,12)(H,11,13,14). The van der Waals surface area contributed by atoms with Crippen LogP contribution in [-0.4, -0.2) is 24.8 Å². The Morgan fingerprint density at radius 3 is 2.79 bits per heavy atom. The summed E-state index contributed by atoms with van der Waals surface area (Å²) >= 11 is 0. The van der Waals surface area contributed by atoms with Gasteiger partial charge in [-0.05, 0) is 12.8 Å². The first kappa shape index (κ1) is 10.7. The van der Waals surface area contributed by atoms with Crippen LogP contribution in [0.2, 0.25) is 0 Å². The van der Waals surface area contributed by atoms with Crippen LogP contribution in [-0.2, 0) is 14.4 Å². The molecule has 0 bridgehead atoms. The SMILES string of the molecule is CC1(CCCNC=O)CC(=O)NC1=O. The van der Waals surface area contributed by atoms with Gasteiger partial charge in [-0.3, -0.25) is 19.7 Å². The third-order valence-electron chi connectivity index (χ3n) is 2.48. The average Bonchev–Trinajstić information content (AvgIpc) is 2.36. The van der Waals surface area contributed by atoms with Crippen LogP contribution in [0.3, 0.4) is 0 Å². The summed E-state index contributed by atoms with van der Waals surface area (Å²) in [5.41, 5.74) is -0.582. The Kier molecular flexibility index (Phi) is 3.22. The number of rotatable bonds is 5. The first-order chi connectivity index (χ1) is 6.58. The lowest BCUT2D eigenvalue weighted by atomic mass is 9.84. The second-order valence-electron chi connectivity index (χ2n) is 3.79. The van der Waals surface area contributed by atoms with Crippen molar-refractivity contribution in [3.8, 4) is 0 Å². The topological polar surface area (TPSA) is 75.3 Å². The minimum absolute atomic E-state index is 0.200. The fourth-order valence-electron chi connectivity index (χ4n) is 1.60. The summed E-state index contributed by atoms with van der Waals surface area (Å²) in [4.78, 5) is 32.3. The van der Waals surface area contributed by atoms with Crippen molar-refractivity contribution in [3.63, 3.8) is 0 Å². The van der Waals surface area contributed by atoms with E-state index < -0.39 is 5.41 Å². The van der Waals surface area contributed by atoms with Crippen LogP contribution < -0.4 is 10.6 Å². The predicted octanol–water partition coefficient (Wildman–Crippen LogP) is -0.435. The fraction of sp³-hybridized carbons (Fsp3) is 0.667. The van der Waals surface area contributed by atoms with Crippen LogP contribution >= 0.6 is 0 Å². The highest BCUT2D eigenvalue weighted by atomic mass is 16.2. The van der Waals surface area contributed by atoms with Gasteiger partial charge in [-0.15, -0.1) is 0 Å². The number of carbonyl (C=O) groups is 3. The minimum atomic E-state index is -0.582. The monoisotopic (exact) mass is 198 g/mol. The van der Waals surface area contributed by atoms with Crippen molar-refractivity contribution >= 4 is 18.2 Å². The maximum absolute atomic E-state index is 11.3. The van der Waals surface area contributed by atoms with Crippen LogP contribution in [0.4, 0.5) is 0 Å².